The monoisotopic (exact) mass is 281 g/mol. The van der Waals surface area contributed by atoms with Crippen molar-refractivity contribution in [2.24, 2.45) is 5.92 Å². The van der Waals surface area contributed by atoms with Crippen molar-refractivity contribution in [3.8, 4) is 0 Å². The molecular weight excluding hydrogens is 262 g/mol. The molecule has 7 heteroatoms. The molecule has 0 aromatic carbocycles. The third-order valence-corrected chi connectivity index (χ3v) is 3.66. The summed E-state index contributed by atoms with van der Waals surface area (Å²) in [4.78, 5) is 24.6. The summed E-state index contributed by atoms with van der Waals surface area (Å²) in [6.45, 7) is 4.82. The minimum Gasteiger partial charge on any atom is -0.481 e. The number of aryl methyl sites for hydroxylation is 2. The predicted octanol–water partition coefficient (Wildman–Crippen LogP) is 1.30. The van der Waals surface area contributed by atoms with Crippen molar-refractivity contribution in [2.45, 2.75) is 33.2 Å². The van der Waals surface area contributed by atoms with Crippen LogP contribution in [-0.2, 0) is 11.3 Å². The first-order valence-electron chi connectivity index (χ1n) is 6.66. The summed E-state index contributed by atoms with van der Waals surface area (Å²) in [5.74, 6) is -0.619. The molecule has 2 amide bonds. The highest BCUT2D eigenvalue weighted by molar-refractivity contribution is 5.76. The van der Waals surface area contributed by atoms with Gasteiger partial charge in [0.2, 0.25) is 0 Å². The van der Waals surface area contributed by atoms with Gasteiger partial charge in [-0.2, -0.15) is 0 Å². The number of carbonyl (C=O) groups excluding carboxylic acids is 1. The fourth-order valence-corrected chi connectivity index (χ4v) is 2.39. The van der Waals surface area contributed by atoms with E-state index in [1.54, 1.807) is 11.8 Å². The molecule has 1 atom stereocenters. The molecule has 110 valence electrons. The van der Waals surface area contributed by atoms with E-state index in [1.807, 2.05) is 6.92 Å². The van der Waals surface area contributed by atoms with Crippen LogP contribution in [0.5, 0.6) is 0 Å². The number of aromatic nitrogens is 1. The van der Waals surface area contributed by atoms with Gasteiger partial charge in [0.15, 0.2) is 0 Å². The summed E-state index contributed by atoms with van der Waals surface area (Å²) in [5.41, 5.74) is 1.62. The van der Waals surface area contributed by atoms with Gasteiger partial charge in [-0.3, -0.25) is 4.79 Å². The molecule has 2 rings (SSSR count). The normalized spacial score (nSPS) is 18.9. The first-order valence-corrected chi connectivity index (χ1v) is 6.66. The van der Waals surface area contributed by atoms with Gasteiger partial charge < -0.3 is 19.8 Å². The maximum atomic E-state index is 12.1. The number of piperidine rings is 1. The summed E-state index contributed by atoms with van der Waals surface area (Å²) in [5, 5.41) is 15.6. The number of likely N-dealkylation sites (tertiary alicyclic amines) is 1. The number of carboxylic acids is 1. The number of amides is 2. The Bertz CT molecular complexity index is 492. The number of urea groups is 1. The molecule has 0 aliphatic carbocycles. The third kappa shape index (κ3) is 3.09. The molecule has 0 saturated carbocycles. The number of hydrogen-bond acceptors (Lipinski definition) is 4. The van der Waals surface area contributed by atoms with Gasteiger partial charge in [-0.25, -0.2) is 4.79 Å². The Kier molecular flexibility index (Phi) is 4.26. The van der Waals surface area contributed by atoms with Crippen molar-refractivity contribution < 1.29 is 19.2 Å². The third-order valence-electron chi connectivity index (χ3n) is 3.66. The van der Waals surface area contributed by atoms with Crippen LogP contribution in [0, 0.1) is 19.8 Å². The van der Waals surface area contributed by atoms with E-state index in [0.717, 1.165) is 17.7 Å². The molecule has 1 aromatic heterocycles. The van der Waals surface area contributed by atoms with Gasteiger partial charge in [0.05, 0.1) is 11.6 Å². The minimum atomic E-state index is -0.840. The molecule has 1 saturated heterocycles. The first-order chi connectivity index (χ1) is 9.49. The van der Waals surface area contributed by atoms with Gasteiger partial charge in [-0.1, -0.05) is 5.16 Å². The van der Waals surface area contributed by atoms with Gasteiger partial charge in [-0.15, -0.1) is 0 Å². The number of carbonyl (C=O) groups is 2. The molecule has 1 aliphatic heterocycles. The van der Waals surface area contributed by atoms with Crippen LogP contribution < -0.4 is 5.32 Å². The Labute approximate surface area is 116 Å². The maximum absolute atomic E-state index is 12.1. The highest BCUT2D eigenvalue weighted by atomic mass is 16.5. The molecule has 1 aliphatic rings. The maximum Gasteiger partial charge on any atom is 0.317 e. The van der Waals surface area contributed by atoms with Gasteiger partial charge in [0.25, 0.3) is 0 Å². The highest BCUT2D eigenvalue weighted by Crippen LogP contribution is 2.17. The lowest BCUT2D eigenvalue weighted by atomic mass is 9.99. The molecule has 2 N–H and O–H groups in total. The molecule has 0 radical (unpaired) electrons. The molecule has 0 unspecified atom stereocenters. The Balaban J connectivity index is 1.90. The van der Waals surface area contributed by atoms with Gasteiger partial charge in [0, 0.05) is 25.2 Å². The number of carboxylic acid groups (broad SMARTS) is 1. The standard InChI is InChI=1S/C13H19N3O4/c1-8-11(9(2)20-15-8)6-14-13(19)16-5-3-4-10(7-16)12(17)18/h10H,3-7H2,1-2H3,(H,14,19)(H,17,18)/t10-/m1/s1. The fraction of sp³-hybridized carbons (Fsp3) is 0.615. The first kappa shape index (κ1) is 14.4. The van der Waals surface area contributed by atoms with Crippen molar-refractivity contribution in [1.29, 1.82) is 0 Å². The number of aliphatic carboxylic acids is 1. The SMILES string of the molecule is Cc1noc(C)c1CNC(=O)N1CCC[C@@H](C(=O)O)C1. The number of hydrogen-bond donors (Lipinski definition) is 2. The topological polar surface area (TPSA) is 95.7 Å². The largest absolute Gasteiger partial charge is 0.481 e. The summed E-state index contributed by atoms with van der Waals surface area (Å²) in [7, 11) is 0. The van der Waals surface area contributed by atoms with Crippen molar-refractivity contribution in [3.05, 3.63) is 17.0 Å². The van der Waals surface area contributed by atoms with Crippen LogP contribution >= 0.6 is 0 Å². The van der Waals surface area contributed by atoms with E-state index in [-0.39, 0.29) is 12.6 Å². The molecule has 1 fully saturated rings. The van der Waals surface area contributed by atoms with E-state index in [1.165, 1.54) is 0 Å². The quantitative estimate of drug-likeness (QED) is 0.870. The molecule has 1 aromatic rings. The zero-order chi connectivity index (χ0) is 14.7. The van der Waals surface area contributed by atoms with Crippen LogP contribution in [0.4, 0.5) is 4.79 Å². The molecule has 0 bridgehead atoms. The molecule has 20 heavy (non-hydrogen) atoms. The smallest absolute Gasteiger partial charge is 0.317 e. The van der Waals surface area contributed by atoms with E-state index in [2.05, 4.69) is 10.5 Å². The van der Waals surface area contributed by atoms with E-state index in [0.29, 0.717) is 25.3 Å². The lowest BCUT2D eigenvalue weighted by Gasteiger charge is -2.30. The summed E-state index contributed by atoms with van der Waals surface area (Å²) < 4.78 is 5.03. The summed E-state index contributed by atoms with van der Waals surface area (Å²) in [6, 6.07) is -0.240. The number of nitrogens with zero attached hydrogens (tertiary/aromatic N) is 2. The second-order valence-corrected chi connectivity index (χ2v) is 5.08. The van der Waals surface area contributed by atoms with Crippen molar-refractivity contribution in [1.82, 2.24) is 15.4 Å². The Morgan fingerprint density at radius 1 is 1.50 bits per heavy atom. The van der Waals surface area contributed by atoms with Crippen LogP contribution in [-0.4, -0.2) is 40.3 Å². The van der Waals surface area contributed by atoms with E-state index in [9.17, 15) is 9.59 Å². The molecular formula is C13H19N3O4. The van der Waals surface area contributed by atoms with Crippen molar-refractivity contribution >= 4 is 12.0 Å². The van der Waals surface area contributed by atoms with Gasteiger partial charge in [-0.05, 0) is 26.7 Å². The molecule has 7 nitrogen and oxygen atoms in total. The average molecular weight is 281 g/mol. The second kappa shape index (κ2) is 5.94. The van der Waals surface area contributed by atoms with Crippen LogP contribution in [0.1, 0.15) is 29.9 Å². The van der Waals surface area contributed by atoms with Crippen LogP contribution in [0.2, 0.25) is 0 Å². The van der Waals surface area contributed by atoms with Gasteiger partial charge >= 0.3 is 12.0 Å². The lowest BCUT2D eigenvalue weighted by molar-refractivity contribution is -0.143. The Morgan fingerprint density at radius 2 is 2.25 bits per heavy atom. The number of rotatable bonds is 3. The fourth-order valence-electron chi connectivity index (χ4n) is 2.39. The average Bonchev–Trinajstić information content (AvgIpc) is 2.75. The van der Waals surface area contributed by atoms with Crippen molar-refractivity contribution in [3.63, 3.8) is 0 Å². The Hall–Kier alpha value is -2.05. The van der Waals surface area contributed by atoms with Crippen LogP contribution in [0.25, 0.3) is 0 Å². The van der Waals surface area contributed by atoms with Crippen molar-refractivity contribution in [2.75, 3.05) is 13.1 Å². The van der Waals surface area contributed by atoms with Crippen LogP contribution in [0.15, 0.2) is 4.52 Å². The predicted molar refractivity (Wildman–Crippen MR) is 70.1 cm³/mol. The van der Waals surface area contributed by atoms with Gasteiger partial charge in [0.1, 0.15) is 5.76 Å². The Morgan fingerprint density at radius 3 is 2.85 bits per heavy atom. The van der Waals surface area contributed by atoms with E-state index in [4.69, 9.17) is 9.63 Å². The van der Waals surface area contributed by atoms with E-state index >= 15 is 0 Å². The lowest BCUT2D eigenvalue weighted by Crippen LogP contribution is -2.46. The van der Waals surface area contributed by atoms with E-state index < -0.39 is 11.9 Å². The number of nitrogens with one attached hydrogen (secondary N) is 1. The zero-order valence-electron chi connectivity index (χ0n) is 11.7. The molecule has 2 heterocycles. The second-order valence-electron chi connectivity index (χ2n) is 5.08. The zero-order valence-corrected chi connectivity index (χ0v) is 11.7. The summed E-state index contributed by atoms with van der Waals surface area (Å²) >= 11 is 0. The minimum absolute atomic E-state index is 0.240. The highest BCUT2D eigenvalue weighted by Gasteiger charge is 2.28. The van der Waals surface area contributed by atoms with Crippen LogP contribution in [0.3, 0.4) is 0 Å². The molecule has 0 spiro atoms. The summed E-state index contributed by atoms with van der Waals surface area (Å²) in [6.07, 6.45) is 1.35.